The van der Waals surface area contributed by atoms with E-state index in [0.717, 1.165) is 11.3 Å². The van der Waals surface area contributed by atoms with E-state index in [4.69, 9.17) is 9.47 Å². The van der Waals surface area contributed by atoms with E-state index in [2.05, 4.69) is 20.5 Å². The second-order valence-corrected chi connectivity index (χ2v) is 6.47. The third kappa shape index (κ3) is 8.25. The number of hydrogen-bond acceptors (Lipinski definition) is 5. The van der Waals surface area contributed by atoms with Crippen LogP contribution < -0.4 is 15.4 Å². The summed E-state index contributed by atoms with van der Waals surface area (Å²) in [5.74, 6) is 1.31. The molecule has 1 aromatic carbocycles. The molecule has 0 bridgehead atoms. The first-order chi connectivity index (χ1) is 14.1. The van der Waals surface area contributed by atoms with Gasteiger partial charge in [-0.05, 0) is 31.5 Å². The molecule has 168 valence electrons. The summed E-state index contributed by atoms with van der Waals surface area (Å²) in [7, 11) is 1.62. The Balaban J connectivity index is 0.00000450. The van der Waals surface area contributed by atoms with Gasteiger partial charge in [0.2, 0.25) is 5.91 Å². The number of carbonyl (C=O) groups is 2. The summed E-state index contributed by atoms with van der Waals surface area (Å²) in [6.45, 7) is 7.72. The summed E-state index contributed by atoms with van der Waals surface area (Å²) in [4.78, 5) is 32.2. The van der Waals surface area contributed by atoms with E-state index in [1.54, 1.807) is 18.9 Å². The minimum Gasteiger partial charge on any atom is -0.497 e. The minimum atomic E-state index is -0.285. The molecule has 0 atom stereocenters. The van der Waals surface area contributed by atoms with Crippen molar-refractivity contribution >= 4 is 41.9 Å². The van der Waals surface area contributed by atoms with E-state index in [9.17, 15) is 9.59 Å². The zero-order valence-electron chi connectivity index (χ0n) is 17.8. The molecule has 2 amide bonds. The van der Waals surface area contributed by atoms with Gasteiger partial charge in [-0.25, -0.2) is 9.79 Å². The van der Waals surface area contributed by atoms with Crippen molar-refractivity contribution in [1.29, 1.82) is 0 Å². The average molecular weight is 533 g/mol. The van der Waals surface area contributed by atoms with Gasteiger partial charge in [0.15, 0.2) is 5.96 Å². The van der Waals surface area contributed by atoms with Crippen LogP contribution in [-0.2, 0) is 16.1 Å². The molecule has 30 heavy (non-hydrogen) atoms. The highest BCUT2D eigenvalue weighted by atomic mass is 127. The fourth-order valence-corrected chi connectivity index (χ4v) is 2.89. The number of rotatable bonds is 7. The molecule has 0 aromatic heterocycles. The largest absolute Gasteiger partial charge is 0.497 e. The highest BCUT2D eigenvalue weighted by Gasteiger charge is 2.23. The van der Waals surface area contributed by atoms with Crippen molar-refractivity contribution in [3.63, 3.8) is 0 Å². The number of nitrogens with zero attached hydrogens (tertiary/aromatic N) is 3. The Bertz CT molecular complexity index is 691. The van der Waals surface area contributed by atoms with Crippen LogP contribution in [0.4, 0.5) is 4.79 Å². The average Bonchev–Trinajstić information content (AvgIpc) is 2.75. The summed E-state index contributed by atoms with van der Waals surface area (Å²) in [6, 6.07) is 7.54. The molecule has 9 nitrogen and oxygen atoms in total. The first-order valence-corrected chi connectivity index (χ1v) is 9.92. The topological polar surface area (TPSA) is 95.5 Å². The third-order valence-electron chi connectivity index (χ3n) is 4.46. The summed E-state index contributed by atoms with van der Waals surface area (Å²) in [6.07, 6.45) is -0.285. The quantitative estimate of drug-likeness (QED) is 0.315. The van der Waals surface area contributed by atoms with E-state index in [0.29, 0.717) is 51.8 Å². The molecular formula is C20H32IN5O4. The van der Waals surface area contributed by atoms with Crippen molar-refractivity contribution in [2.75, 3.05) is 53.0 Å². The van der Waals surface area contributed by atoms with Crippen LogP contribution in [0.1, 0.15) is 19.4 Å². The zero-order valence-corrected chi connectivity index (χ0v) is 20.2. The second-order valence-electron chi connectivity index (χ2n) is 6.47. The van der Waals surface area contributed by atoms with Crippen LogP contribution in [0, 0.1) is 0 Å². The number of methoxy groups -OCH3 is 1. The molecule has 1 aliphatic heterocycles. The molecule has 0 unspecified atom stereocenters. The van der Waals surface area contributed by atoms with Crippen LogP contribution in [-0.4, -0.2) is 80.7 Å². The predicted octanol–water partition coefficient (Wildman–Crippen LogP) is 1.67. The molecule has 0 radical (unpaired) electrons. The van der Waals surface area contributed by atoms with Gasteiger partial charge in [-0.2, -0.15) is 0 Å². The molecule has 0 aliphatic carbocycles. The lowest BCUT2D eigenvalue weighted by atomic mass is 10.2. The predicted molar refractivity (Wildman–Crippen MR) is 126 cm³/mol. The van der Waals surface area contributed by atoms with Crippen molar-refractivity contribution in [2.45, 2.75) is 20.4 Å². The highest BCUT2D eigenvalue weighted by molar-refractivity contribution is 14.0. The molecule has 0 spiro atoms. The number of ether oxygens (including phenoxy) is 2. The fraction of sp³-hybridized carbons (Fsp3) is 0.550. The normalized spacial score (nSPS) is 13.9. The number of piperazine rings is 1. The van der Waals surface area contributed by atoms with Gasteiger partial charge in [-0.1, -0.05) is 12.1 Å². The summed E-state index contributed by atoms with van der Waals surface area (Å²) in [5, 5.41) is 6.08. The van der Waals surface area contributed by atoms with E-state index >= 15 is 0 Å². The van der Waals surface area contributed by atoms with Crippen LogP contribution in [0.15, 0.2) is 29.3 Å². The molecule has 1 fully saturated rings. The minimum absolute atomic E-state index is 0. The van der Waals surface area contributed by atoms with Gasteiger partial charge in [-0.3, -0.25) is 4.79 Å². The number of halogens is 1. The molecule has 1 aromatic rings. The van der Waals surface area contributed by atoms with Gasteiger partial charge in [0.1, 0.15) is 12.3 Å². The van der Waals surface area contributed by atoms with Crippen LogP contribution >= 0.6 is 24.0 Å². The molecule has 1 aliphatic rings. The first-order valence-electron chi connectivity index (χ1n) is 9.92. The third-order valence-corrected chi connectivity index (χ3v) is 4.46. The van der Waals surface area contributed by atoms with Gasteiger partial charge in [0.25, 0.3) is 0 Å². The SMILES string of the molecule is CCNC(=NCC(=O)NCc1ccc(OC)cc1)N1CCN(C(=O)OCC)CC1.I. The van der Waals surface area contributed by atoms with Gasteiger partial charge in [0, 0.05) is 39.3 Å². The van der Waals surface area contributed by atoms with Gasteiger partial charge in [-0.15, -0.1) is 24.0 Å². The van der Waals surface area contributed by atoms with Crippen molar-refractivity contribution in [3.05, 3.63) is 29.8 Å². The number of nitrogens with one attached hydrogen (secondary N) is 2. The number of hydrogen-bond donors (Lipinski definition) is 2. The van der Waals surface area contributed by atoms with Crippen molar-refractivity contribution in [2.24, 2.45) is 4.99 Å². The second kappa shape index (κ2) is 13.9. The van der Waals surface area contributed by atoms with E-state index < -0.39 is 0 Å². The maximum Gasteiger partial charge on any atom is 0.409 e. The van der Waals surface area contributed by atoms with Crippen LogP contribution in [0.25, 0.3) is 0 Å². The van der Waals surface area contributed by atoms with Crippen molar-refractivity contribution < 1.29 is 19.1 Å². The van der Waals surface area contributed by atoms with Crippen molar-refractivity contribution in [1.82, 2.24) is 20.4 Å². The Morgan fingerprint density at radius 2 is 1.67 bits per heavy atom. The van der Waals surface area contributed by atoms with Crippen LogP contribution in [0.2, 0.25) is 0 Å². The lowest BCUT2D eigenvalue weighted by molar-refractivity contribution is -0.119. The van der Waals surface area contributed by atoms with E-state index in [1.165, 1.54) is 0 Å². The van der Waals surface area contributed by atoms with Crippen LogP contribution in [0.5, 0.6) is 5.75 Å². The lowest BCUT2D eigenvalue weighted by Gasteiger charge is -2.35. The van der Waals surface area contributed by atoms with Gasteiger partial charge >= 0.3 is 6.09 Å². The number of guanidine groups is 1. The lowest BCUT2D eigenvalue weighted by Crippen LogP contribution is -2.54. The molecule has 1 saturated heterocycles. The molecular weight excluding hydrogens is 501 g/mol. The Labute approximate surface area is 195 Å². The van der Waals surface area contributed by atoms with E-state index in [-0.39, 0.29) is 42.5 Å². The van der Waals surface area contributed by atoms with Crippen molar-refractivity contribution in [3.8, 4) is 5.75 Å². The molecule has 2 N–H and O–H groups in total. The first kappa shape index (κ1) is 25.8. The summed E-state index contributed by atoms with van der Waals surface area (Å²) >= 11 is 0. The Kier molecular flexibility index (Phi) is 11.9. The maximum absolute atomic E-state index is 12.2. The maximum atomic E-state index is 12.2. The standard InChI is InChI=1S/C20H31N5O4.HI/c1-4-21-19(24-10-12-25(13-11-24)20(27)29-5-2)23-15-18(26)22-14-16-6-8-17(28-3)9-7-16;/h6-9H,4-5,10-15H2,1-3H3,(H,21,23)(H,22,26);1H. The summed E-state index contributed by atoms with van der Waals surface area (Å²) in [5.41, 5.74) is 0.991. The molecule has 10 heteroatoms. The Morgan fingerprint density at radius 1 is 1.03 bits per heavy atom. The zero-order chi connectivity index (χ0) is 21.1. The smallest absolute Gasteiger partial charge is 0.409 e. The Morgan fingerprint density at radius 3 is 2.23 bits per heavy atom. The number of amides is 2. The fourth-order valence-electron chi connectivity index (χ4n) is 2.89. The van der Waals surface area contributed by atoms with E-state index in [1.807, 2.05) is 31.2 Å². The number of benzene rings is 1. The highest BCUT2D eigenvalue weighted by Crippen LogP contribution is 2.11. The number of carbonyl (C=O) groups excluding carboxylic acids is 2. The Hall–Kier alpha value is -2.24. The summed E-state index contributed by atoms with van der Waals surface area (Å²) < 4.78 is 10.2. The van der Waals surface area contributed by atoms with Gasteiger partial charge in [0.05, 0.1) is 13.7 Å². The molecule has 0 saturated carbocycles. The monoisotopic (exact) mass is 533 g/mol. The van der Waals surface area contributed by atoms with Crippen LogP contribution in [0.3, 0.4) is 0 Å². The molecule has 2 rings (SSSR count). The molecule has 1 heterocycles. The van der Waals surface area contributed by atoms with Gasteiger partial charge < -0.3 is 29.9 Å². The number of aliphatic imine (C=N–C) groups is 1.